The first-order valence-corrected chi connectivity index (χ1v) is 4.55. The second-order valence-corrected chi connectivity index (χ2v) is 3.36. The summed E-state index contributed by atoms with van der Waals surface area (Å²) < 4.78 is 0. The van der Waals surface area contributed by atoms with Gasteiger partial charge in [0.15, 0.2) is 0 Å². The van der Waals surface area contributed by atoms with Crippen LogP contribution in [0.15, 0.2) is 12.2 Å². The number of halogens is 1. The van der Waals surface area contributed by atoms with E-state index in [1.165, 1.54) is 17.1 Å². The second kappa shape index (κ2) is 4.57. The molecule has 0 saturated carbocycles. The number of piperidine rings is 1. The van der Waals surface area contributed by atoms with Gasteiger partial charge in [0.25, 0.3) is 11.8 Å². The molecule has 78 valence electrons. The Bertz CT molecular complexity index is 254. The van der Waals surface area contributed by atoms with Crippen LogP contribution < -0.4 is 5.32 Å². The molecule has 0 aromatic rings. The lowest BCUT2D eigenvalue weighted by Crippen LogP contribution is -2.45. The van der Waals surface area contributed by atoms with E-state index in [0.29, 0.717) is 0 Å². The third kappa shape index (κ3) is 1.96. The summed E-state index contributed by atoms with van der Waals surface area (Å²) >= 11 is 0. The molecule has 1 N–H and O–H groups in total. The highest BCUT2D eigenvalue weighted by Crippen LogP contribution is 2.16. The van der Waals surface area contributed by atoms with E-state index in [1.807, 2.05) is 0 Å². The summed E-state index contributed by atoms with van der Waals surface area (Å²) in [4.78, 5) is 23.9. The summed E-state index contributed by atoms with van der Waals surface area (Å²) in [5.41, 5.74) is 0. The van der Waals surface area contributed by atoms with Crippen LogP contribution in [0.2, 0.25) is 0 Å². The summed E-state index contributed by atoms with van der Waals surface area (Å²) in [6, 6.07) is 0.108. The van der Waals surface area contributed by atoms with Gasteiger partial charge in [-0.25, -0.2) is 0 Å². The van der Waals surface area contributed by atoms with Crippen LogP contribution in [-0.4, -0.2) is 35.8 Å². The van der Waals surface area contributed by atoms with Crippen LogP contribution in [0.3, 0.4) is 0 Å². The molecule has 14 heavy (non-hydrogen) atoms. The Hall–Kier alpha value is -0.870. The van der Waals surface area contributed by atoms with Crippen LogP contribution in [0.25, 0.3) is 0 Å². The summed E-state index contributed by atoms with van der Waals surface area (Å²) in [6.45, 7) is 1.78. The molecular formula is C9H13ClN2O2. The molecule has 2 aliphatic rings. The van der Waals surface area contributed by atoms with E-state index in [1.54, 1.807) is 0 Å². The van der Waals surface area contributed by atoms with Gasteiger partial charge < -0.3 is 5.32 Å². The van der Waals surface area contributed by atoms with Crippen molar-refractivity contribution in [1.29, 1.82) is 0 Å². The Labute approximate surface area is 88.7 Å². The fourth-order valence-corrected chi connectivity index (χ4v) is 1.84. The highest BCUT2D eigenvalue weighted by Gasteiger charge is 2.31. The third-order valence-electron chi connectivity index (χ3n) is 2.52. The number of carbonyl (C=O) groups excluding carboxylic acids is 2. The quantitative estimate of drug-likeness (QED) is 0.632. The SMILES string of the molecule is Cl.O=C1C=CC(=O)N1C1CCNCC1. The van der Waals surface area contributed by atoms with Crippen LogP contribution >= 0.6 is 12.4 Å². The molecule has 2 rings (SSSR count). The standard InChI is InChI=1S/C9H12N2O2.ClH/c12-8-1-2-9(13)11(8)7-3-5-10-6-4-7;/h1-2,7,10H,3-6H2;1H. The van der Waals surface area contributed by atoms with Crippen molar-refractivity contribution < 1.29 is 9.59 Å². The molecule has 1 fully saturated rings. The van der Waals surface area contributed by atoms with Crippen LogP contribution in [0.5, 0.6) is 0 Å². The van der Waals surface area contributed by atoms with Gasteiger partial charge in [-0.15, -0.1) is 12.4 Å². The molecule has 4 nitrogen and oxygen atoms in total. The molecule has 0 unspecified atom stereocenters. The predicted octanol–water partition coefficient (Wildman–Crippen LogP) is 0.0852. The first-order valence-electron chi connectivity index (χ1n) is 4.55. The van der Waals surface area contributed by atoms with E-state index in [4.69, 9.17) is 0 Å². The second-order valence-electron chi connectivity index (χ2n) is 3.36. The summed E-state index contributed by atoms with van der Waals surface area (Å²) in [6.07, 6.45) is 4.45. The highest BCUT2D eigenvalue weighted by molar-refractivity contribution is 6.13. The maximum Gasteiger partial charge on any atom is 0.253 e. The number of imide groups is 1. The van der Waals surface area contributed by atoms with Crippen molar-refractivity contribution in [3.05, 3.63) is 12.2 Å². The van der Waals surface area contributed by atoms with E-state index < -0.39 is 0 Å². The Morgan fingerprint density at radius 1 is 1.14 bits per heavy atom. The molecule has 0 bridgehead atoms. The molecular weight excluding hydrogens is 204 g/mol. The zero-order chi connectivity index (χ0) is 9.26. The fraction of sp³-hybridized carbons (Fsp3) is 0.556. The van der Waals surface area contributed by atoms with E-state index in [-0.39, 0.29) is 30.3 Å². The Morgan fingerprint density at radius 3 is 2.14 bits per heavy atom. The van der Waals surface area contributed by atoms with Gasteiger partial charge in [-0.05, 0) is 25.9 Å². The minimum atomic E-state index is -0.156. The number of hydrogen-bond donors (Lipinski definition) is 1. The largest absolute Gasteiger partial charge is 0.317 e. The summed E-state index contributed by atoms with van der Waals surface area (Å²) in [5.74, 6) is -0.311. The molecule has 0 aliphatic carbocycles. The topological polar surface area (TPSA) is 49.4 Å². The predicted molar refractivity (Wildman–Crippen MR) is 54.1 cm³/mol. The maximum absolute atomic E-state index is 11.3. The van der Waals surface area contributed by atoms with Gasteiger partial charge in [-0.1, -0.05) is 0 Å². The minimum Gasteiger partial charge on any atom is -0.317 e. The molecule has 2 aliphatic heterocycles. The normalized spacial score (nSPS) is 22.7. The first-order chi connectivity index (χ1) is 6.29. The maximum atomic E-state index is 11.3. The van der Waals surface area contributed by atoms with E-state index in [0.717, 1.165) is 25.9 Å². The smallest absolute Gasteiger partial charge is 0.253 e. The highest BCUT2D eigenvalue weighted by atomic mass is 35.5. The zero-order valence-corrected chi connectivity index (χ0v) is 8.55. The van der Waals surface area contributed by atoms with Crippen molar-refractivity contribution in [2.75, 3.05) is 13.1 Å². The molecule has 0 atom stereocenters. The van der Waals surface area contributed by atoms with E-state index in [2.05, 4.69) is 5.32 Å². The Balaban J connectivity index is 0.000000980. The fourth-order valence-electron chi connectivity index (χ4n) is 1.84. The van der Waals surface area contributed by atoms with E-state index >= 15 is 0 Å². The van der Waals surface area contributed by atoms with Crippen molar-refractivity contribution in [2.45, 2.75) is 18.9 Å². The number of nitrogens with zero attached hydrogens (tertiary/aromatic N) is 1. The van der Waals surface area contributed by atoms with Gasteiger partial charge in [-0.3, -0.25) is 14.5 Å². The van der Waals surface area contributed by atoms with Crippen molar-refractivity contribution in [3.63, 3.8) is 0 Å². The van der Waals surface area contributed by atoms with Crippen molar-refractivity contribution in [1.82, 2.24) is 10.2 Å². The molecule has 0 aromatic heterocycles. The van der Waals surface area contributed by atoms with Crippen molar-refractivity contribution in [2.24, 2.45) is 0 Å². The summed E-state index contributed by atoms with van der Waals surface area (Å²) in [7, 11) is 0. The summed E-state index contributed by atoms with van der Waals surface area (Å²) in [5, 5.41) is 3.20. The molecule has 2 heterocycles. The molecule has 1 saturated heterocycles. The molecule has 0 radical (unpaired) electrons. The average Bonchev–Trinajstić information content (AvgIpc) is 2.48. The monoisotopic (exact) mass is 216 g/mol. The number of hydrogen-bond acceptors (Lipinski definition) is 3. The molecule has 2 amide bonds. The first kappa shape index (κ1) is 11.2. The third-order valence-corrected chi connectivity index (χ3v) is 2.52. The van der Waals surface area contributed by atoms with Gasteiger partial charge >= 0.3 is 0 Å². The van der Waals surface area contributed by atoms with Crippen molar-refractivity contribution >= 4 is 24.2 Å². The van der Waals surface area contributed by atoms with Crippen LogP contribution in [-0.2, 0) is 9.59 Å². The van der Waals surface area contributed by atoms with Gasteiger partial charge in [0, 0.05) is 18.2 Å². The number of nitrogens with one attached hydrogen (secondary N) is 1. The van der Waals surface area contributed by atoms with Crippen LogP contribution in [0.1, 0.15) is 12.8 Å². The van der Waals surface area contributed by atoms with Crippen LogP contribution in [0, 0.1) is 0 Å². The van der Waals surface area contributed by atoms with Gasteiger partial charge in [0.2, 0.25) is 0 Å². The van der Waals surface area contributed by atoms with Gasteiger partial charge in [-0.2, -0.15) is 0 Å². The zero-order valence-electron chi connectivity index (χ0n) is 7.73. The lowest BCUT2D eigenvalue weighted by atomic mass is 10.1. The van der Waals surface area contributed by atoms with Crippen molar-refractivity contribution in [3.8, 4) is 0 Å². The Kier molecular flexibility index (Phi) is 3.66. The average molecular weight is 217 g/mol. The van der Waals surface area contributed by atoms with Crippen LogP contribution in [0.4, 0.5) is 0 Å². The molecule has 5 heteroatoms. The number of amides is 2. The minimum absolute atomic E-state index is 0. The number of carbonyl (C=O) groups is 2. The lowest BCUT2D eigenvalue weighted by Gasteiger charge is -2.29. The Morgan fingerprint density at radius 2 is 1.64 bits per heavy atom. The molecule has 0 aromatic carbocycles. The lowest BCUT2D eigenvalue weighted by molar-refractivity contribution is -0.140. The molecule has 0 spiro atoms. The van der Waals surface area contributed by atoms with Gasteiger partial charge in [0.05, 0.1) is 0 Å². The van der Waals surface area contributed by atoms with E-state index in [9.17, 15) is 9.59 Å². The van der Waals surface area contributed by atoms with Gasteiger partial charge in [0.1, 0.15) is 0 Å². The number of rotatable bonds is 1.